The number of nitrogens with zero attached hydrogens (tertiary/aromatic N) is 1. The van der Waals surface area contributed by atoms with Gasteiger partial charge in [0.15, 0.2) is 11.5 Å². The van der Waals surface area contributed by atoms with Gasteiger partial charge in [-0.05, 0) is 61.2 Å². The number of benzene rings is 2. The smallest absolute Gasteiger partial charge is 0.243 e. The summed E-state index contributed by atoms with van der Waals surface area (Å²) in [5, 5.41) is 2.95. The van der Waals surface area contributed by atoms with Gasteiger partial charge in [-0.25, -0.2) is 8.42 Å². The van der Waals surface area contributed by atoms with Gasteiger partial charge in [0.2, 0.25) is 22.7 Å². The van der Waals surface area contributed by atoms with Crippen LogP contribution in [0.1, 0.15) is 24.0 Å². The van der Waals surface area contributed by atoms with Crippen molar-refractivity contribution < 1.29 is 27.4 Å². The lowest BCUT2D eigenvalue weighted by molar-refractivity contribution is -0.126. The Labute approximate surface area is 182 Å². The summed E-state index contributed by atoms with van der Waals surface area (Å²) in [4.78, 5) is 12.8. The number of piperidine rings is 1. The van der Waals surface area contributed by atoms with Gasteiger partial charge >= 0.3 is 0 Å². The van der Waals surface area contributed by atoms with Crippen LogP contribution in [0.2, 0.25) is 0 Å². The highest BCUT2D eigenvalue weighted by Gasteiger charge is 2.32. The topological polar surface area (TPSA) is 94.2 Å². The van der Waals surface area contributed by atoms with Crippen LogP contribution in [0.4, 0.5) is 0 Å². The van der Waals surface area contributed by atoms with E-state index in [9.17, 15) is 13.2 Å². The lowest BCUT2D eigenvalue weighted by atomic mass is 9.97. The number of sulfonamides is 1. The molecular formula is C22H26N2O6S. The number of aryl methyl sites for hydroxylation is 1. The fraction of sp³-hybridized carbons (Fsp3) is 0.409. The number of carbonyl (C=O) groups is 1. The van der Waals surface area contributed by atoms with E-state index in [1.807, 2.05) is 25.1 Å². The zero-order valence-electron chi connectivity index (χ0n) is 17.6. The van der Waals surface area contributed by atoms with Crippen LogP contribution in [0.15, 0.2) is 41.3 Å². The second kappa shape index (κ2) is 8.76. The molecule has 2 aromatic rings. The van der Waals surface area contributed by atoms with Gasteiger partial charge < -0.3 is 19.5 Å². The largest absolute Gasteiger partial charge is 0.496 e. The van der Waals surface area contributed by atoms with Gasteiger partial charge in [0.05, 0.1) is 12.0 Å². The SMILES string of the molecule is COc1ccc(S(=O)(=O)N2CCC(C(=O)NCc3ccc4c(c3)OCO4)CC2)cc1C. The maximum absolute atomic E-state index is 13.0. The number of ether oxygens (including phenoxy) is 3. The van der Waals surface area contributed by atoms with E-state index in [1.165, 1.54) is 4.31 Å². The van der Waals surface area contributed by atoms with Gasteiger partial charge in [-0.1, -0.05) is 6.07 Å². The molecule has 8 nitrogen and oxygen atoms in total. The molecule has 166 valence electrons. The Balaban J connectivity index is 1.32. The number of nitrogens with one attached hydrogen (secondary N) is 1. The number of hydrogen-bond donors (Lipinski definition) is 1. The first kappa shape index (κ1) is 21.5. The molecule has 2 aliphatic rings. The number of methoxy groups -OCH3 is 1. The maximum Gasteiger partial charge on any atom is 0.243 e. The van der Waals surface area contributed by atoms with Crippen LogP contribution >= 0.6 is 0 Å². The predicted molar refractivity (Wildman–Crippen MR) is 114 cm³/mol. The summed E-state index contributed by atoms with van der Waals surface area (Å²) in [6, 6.07) is 10.4. The van der Waals surface area contributed by atoms with E-state index in [-0.39, 0.29) is 23.5 Å². The average molecular weight is 447 g/mol. The molecule has 0 unspecified atom stereocenters. The molecule has 0 saturated carbocycles. The van der Waals surface area contributed by atoms with E-state index in [0.29, 0.717) is 49.7 Å². The number of carbonyl (C=O) groups excluding carboxylic acids is 1. The minimum atomic E-state index is -3.60. The van der Waals surface area contributed by atoms with Crippen molar-refractivity contribution in [2.45, 2.75) is 31.2 Å². The van der Waals surface area contributed by atoms with Crippen LogP contribution in [-0.2, 0) is 21.4 Å². The van der Waals surface area contributed by atoms with Gasteiger partial charge in [0.25, 0.3) is 0 Å². The summed E-state index contributed by atoms with van der Waals surface area (Å²) in [6.07, 6.45) is 0.975. The number of amides is 1. The molecule has 4 rings (SSSR count). The standard InChI is InChI=1S/C22H26N2O6S/c1-15-11-18(4-6-19(15)28-2)31(26,27)24-9-7-17(8-10-24)22(25)23-13-16-3-5-20-21(12-16)30-14-29-20/h3-6,11-12,17H,7-10,13-14H2,1-2H3,(H,23,25). The normalized spacial score (nSPS) is 16.8. The fourth-order valence-corrected chi connectivity index (χ4v) is 5.46. The molecule has 1 fully saturated rings. The summed E-state index contributed by atoms with van der Waals surface area (Å²) >= 11 is 0. The molecule has 0 aliphatic carbocycles. The monoisotopic (exact) mass is 446 g/mol. The van der Waals surface area contributed by atoms with Crippen molar-refractivity contribution in [2.75, 3.05) is 27.0 Å². The van der Waals surface area contributed by atoms with Crippen molar-refractivity contribution in [2.24, 2.45) is 5.92 Å². The van der Waals surface area contributed by atoms with Crippen LogP contribution in [0.25, 0.3) is 0 Å². The molecule has 9 heteroatoms. The summed E-state index contributed by atoms with van der Waals surface area (Å²) in [7, 11) is -2.05. The molecule has 0 spiro atoms. The van der Waals surface area contributed by atoms with Gasteiger partial charge in [0, 0.05) is 25.6 Å². The summed E-state index contributed by atoms with van der Waals surface area (Å²) in [5.41, 5.74) is 1.69. The molecular weight excluding hydrogens is 420 g/mol. The van der Waals surface area contributed by atoms with E-state index in [2.05, 4.69) is 5.32 Å². The molecule has 0 radical (unpaired) electrons. The summed E-state index contributed by atoms with van der Waals surface area (Å²) in [6.45, 7) is 3.04. The van der Waals surface area contributed by atoms with Crippen LogP contribution in [-0.4, -0.2) is 45.6 Å². The van der Waals surface area contributed by atoms with E-state index in [1.54, 1.807) is 25.3 Å². The van der Waals surface area contributed by atoms with Crippen LogP contribution in [0.3, 0.4) is 0 Å². The Morgan fingerprint density at radius 2 is 1.87 bits per heavy atom. The highest BCUT2D eigenvalue weighted by Crippen LogP contribution is 2.32. The second-order valence-corrected chi connectivity index (χ2v) is 9.65. The van der Waals surface area contributed by atoms with Crippen molar-refractivity contribution in [1.29, 1.82) is 0 Å². The third kappa shape index (κ3) is 4.47. The first-order valence-corrected chi connectivity index (χ1v) is 11.6. The molecule has 2 heterocycles. The Morgan fingerprint density at radius 1 is 1.13 bits per heavy atom. The summed E-state index contributed by atoms with van der Waals surface area (Å²) < 4.78 is 43.3. The lowest BCUT2D eigenvalue weighted by Gasteiger charge is -2.30. The number of fused-ring (bicyclic) bond motifs is 1. The Kier molecular flexibility index (Phi) is 6.06. The third-order valence-electron chi connectivity index (χ3n) is 5.73. The second-order valence-electron chi connectivity index (χ2n) is 7.72. The molecule has 0 aromatic heterocycles. The average Bonchev–Trinajstić information content (AvgIpc) is 3.25. The molecule has 31 heavy (non-hydrogen) atoms. The first-order valence-electron chi connectivity index (χ1n) is 10.2. The number of hydrogen-bond acceptors (Lipinski definition) is 6. The molecule has 1 amide bonds. The van der Waals surface area contributed by atoms with Crippen molar-refractivity contribution in [3.05, 3.63) is 47.5 Å². The summed E-state index contributed by atoms with van der Waals surface area (Å²) in [5.74, 6) is 1.76. The highest BCUT2D eigenvalue weighted by molar-refractivity contribution is 7.89. The lowest BCUT2D eigenvalue weighted by Crippen LogP contribution is -2.42. The van der Waals surface area contributed by atoms with E-state index in [4.69, 9.17) is 14.2 Å². The molecule has 1 saturated heterocycles. The van der Waals surface area contributed by atoms with E-state index >= 15 is 0 Å². The molecule has 2 aromatic carbocycles. The Bertz CT molecular complexity index is 1080. The minimum Gasteiger partial charge on any atom is -0.496 e. The predicted octanol–water partition coefficient (Wildman–Crippen LogP) is 2.45. The minimum absolute atomic E-state index is 0.0602. The van der Waals surface area contributed by atoms with Crippen molar-refractivity contribution in [3.8, 4) is 17.2 Å². The molecule has 2 aliphatic heterocycles. The first-order chi connectivity index (χ1) is 14.9. The van der Waals surface area contributed by atoms with Crippen LogP contribution < -0.4 is 19.5 Å². The van der Waals surface area contributed by atoms with E-state index < -0.39 is 10.0 Å². The van der Waals surface area contributed by atoms with Gasteiger partial charge in [-0.2, -0.15) is 4.31 Å². The van der Waals surface area contributed by atoms with Crippen molar-refractivity contribution >= 4 is 15.9 Å². The molecule has 0 atom stereocenters. The fourth-order valence-electron chi connectivity index (χ4n) is 3.90. The Morgan fingerprint density at radius 3 is 2.58 bits per heavy atom. The van der Waals surface area contributed by atoms with Gasteiger partial charge in [-0.3, -0.25) is 4.79 Å². The van der Waals surface area contributed by atoms with Gasteiger partial charge in [0.1, 0.15) is 5.75 Å². The van der Waals surface area contributed by atoms with Crippen LogP contribution in [0, 0.1) is 12.8 Å². The van der Waals surface area contributed by atoms with Crippen molar-refractivity contribution in [1.82, 2.24) is 9.62 Å². The Hall–Kier alpha value is -2.78. The van der Waals surface area contributed by atoms with Crippen molar-refractivity contribution in [3.63, 3.8) is 0 Å². The van der Waals surface area contributed by atoms with Gasteiger partial charge in [-0.15, -0.1) is 0 Å². The number of rotatable bonds is 6. The highest BCUT2D eigenvalue weighted by atomic mass is 32.2. The maximum atomic E-state index is 13.0. The van der Waals surface area contributed by atoms with E-state index in [0.717, 1.165) is 11.1 Å². The molecule has 1 N–H and O–H groups in total. The van der Waals surface area contributed by atoms with Crippen LogP contribution in [0.5, 0.6) is 17.2 Å². The zero-order valence-corrected chi connectivity index (χ0v) is 18.4. The quantitative estimate of drug-likeness (QED) is 0.733. The zero-order chi connectivity index (χ0) is 22.0. The third-order valence-corrected chi connectivity index (χ3v) is 7.63. The molecule has 0 bridgehead atoms.